The first-order valence-electron chi connectivity index (χ1n) is 4.75. The first-order valence-corrected chi connectivity index (χ1v) is 4.75. The van der Waals surface area contributed by atoms with E-state index in [1.165, 1.54) is 0 Å². The van der Waals surface area contributed by atoms with E-state index < -0.39 is 0 Å². The summed E-state index contributed by atoms with van der Waals surface area (Å²) in [6, 6.07) is 5.63. The van der Waals surface area contributed by atoms with Gasteiger partial charge in [-0.1, -0.05) is 12.1 Å². The molecule has 1 fully saturated rings. The number of hydrogen-bond donors (Lipinski definition) is 2. The largest absolute Gasteiger partial charge is 0.508 e. The number of nitrogens with one attached hydrogen (secondary N) is 1. The number of aromatic hydroxyl groups is 1. The third-order valence-electron chi connectivity index (χ3n) is 2.63. The highest BCUT2D eigenvalue weighted by Crippen LogP contribution is 2.27. The van der Waals surface area contributed by atoms with Crippen LogP contribution in [0.4, 0.5) is 0 Å². The van der Waals surface area contributed by atoms with Crippen LogP contribution in [-0.2, 0) is 4.79 Å². The summed E-state index contributed by atoms with van der Waals surface area (Å²) in [6.45, 7) is 1.85. The van der Waals surface area contributed by atoms with Crippen LogP contribution in [-0.4, -0.2) is 11.0 Å². The SMILES string of the molecule is Cc1ccc([C@H]2CCC(=O)N2)cc1O. The highest BCUT2D eigenvalue weighted by atomic mass is 16.3. The van der Waals surface area contributed by atoms with E-state index in [9.17, 15) is 9.90 Å². The van der Waals surface area contributed by atoms with Gasteiger partial charge in [-0.25, -0.2) is 0 Å². The number of rotatable bonds is 1. The van der Waals surface area contributed by atoms with Gasteiger partial charge < -0.3 is 10.4 Å². The van der Waals surface area contributed by atoms with Crippen molar-refractivity contribution < 1.29 is 9.90 Å². The monoisotopic (exact) mass is 191 g/mol. The molecule has 1 aliphatic heterocycles. The lowest BCUT2D eigenvalue weighted by Gasteiger charge is -2.11. The molecule has 3 nitrogen and oxygen atoms in total. The zero-order valence-corrected chi connectivity index (χ0v) is 8.08. The molecule has 0 aliphatic carbocycles. The van der Waals surface area contributed by atoms with Crippen molar-refractivity contribution in [1.29, 1.82) is 0 Å². The Morgan fingerprint density at radius 1 is 1.50 bits per heavy atom. The van der Waals surface area contributed by atoms with Crippen molar-refractivity contribution in [3.63, 3.8) is 0 Å². The van der Waals surface area contributed by atoms with E-state index >= 15 is 0 Å². The fourth-order valence-corrected chi connectivity index (χ4v) is 1.71. The van der Waals surface area contributed by atoms with E-state index in [1.54, 1.807) is 6.07 Å². The van der Waals surface area contributed by atoms with Gasteiger partial charge in [0.25, 0.3) is 0 Å². The normalized spacial score (nSPS) is 20.9. The number of phenolic OH excluding ortho intramolecular Hbond substituents is 1. The summed E-state index contributed by atoms with van der Waals surface area (Å²) in [5, 5.41) is 12.4. The number of amides is 1. The minimum atomic E-state index is 0.0778. The van der Waals surface area contributed by atoms with Crippen molar-refractivity contribution in [1.82, 2.24) is 5.32 Å². The molecule has 2 rings (SSSR count). The maximum Gasteiger partial charge on any atom is 0.220 e. The summed E-state index contributed by atoms with van der Waals surface area (Å²) in [6.07, 6.45) is 1.40. The fourth-order valence-electron chi connectivity index (χ4n) is 1.71. The second-order valence-corrected chi connectivity index (χ2v) is 3.70. The average Bonchev–Trinajstić information content (AvgIpc) is 2.57. The van der Waals surface area contributed by atoms with Gasteiger partial charge in [0, 0.05) is 6.42 Å². The lowest BCUT2D eigenvalue weighted by molar-refractivity contribution is -0.119. The Balaban J connectivity index is 2.24. The number of carbonyl (C=O) groups is 1. The topological polar surface area (TPSA) is 49.3 Å². The van der Waals surface area contributed by atoms with Gasteiger partial charge >= 0.3 is 0 Å². The van der Waals surface area contributed by atoms with Crippen molar-refractivity contribution in [2.45, 2.75) is 25.8 Å². The molecule has 1 heterocycles. The molecule has 14 heavy (non-hydrogen) atoms. The van der Waals surface area contributed by atoms with Crippen LogP contribution in [0.15, 0.2) is 18.2 Å². The first kappa shape index (κ1) is 9.06. The van der Waals surface area contributed by atoms with Crippen molar-refractivity contribution in [2.24, 2.45) is 0 Å². The van der Waals surface area contributed by atoms with Crippen molar-refractivity contribution >= 4 is 5.91 Å². The minimum absolute atomic E-state index is 0.0778. The summed E-state index contributed by atoms with van der Waals surface area (Å²) in [5.41, 5.74) is 1.84. The summed E-state index contributed by atoms with van der Waals surface area (Å²) < 4.78 is 0. The van der Waals surface area contributed by atoms with Gasteiger partial charge in [-0.2, -0.15) is 0 Å². The summed E-state index contributed by atoms with van der Waals surface area (Å²) in [7, 11) is 0. The second kappa shape index (κ2) is 3.33. The van der Waals surface area contributed by atoms with Crippen LogP contribution in [0.2, 0.25) is 0 Å². The van der Waals surface area contributed by atoms with Crippen LogP contribution in [0.5, 0.6) is 5.75 Å². The Morgan fingerprint density at radius 3 is 2.86 bits per heavy atom. The quantitative estimate of drug-likeness (QED) is 0.709. The Hall–Kier alpha value is -1.51. The zero-order chi connectivity index (χ0) is 10.1. The molecule has 3 heteroatoms. The Kier molecular flexibility index (Phi) is 2.15. The molecule has 1 amide bonds. The van der Waals surface area contributed by atoms with Gasteiger partial charge in [-0.15, -0.1) is 0 Å². The molecule has 0 spiro atoms. The van der Waals surface area contributed by atoms with Gasteiger partial charge in [0.05, 0.1) is 6.04 Å². The standard InChI is InChI=1S/C11H13NO2/c1-7-2-3-8(6-10(7)13)9-4-5-11(14)12-9/h2-3,6,9,13H,4-5H2,1H3,(H,12,14)/t9-/m1/s1. The molecule has 1 aromatic rings. The number of benzene rings is 1. The number of carbonyl (C=O) groups excluding carboxylic acids is 1. The van der Waals surface area contributed by atoms with Crippen molar-refractivity contribution in [3.05, 3.63) is 29.3 Å². The minimum Gasteiger partial charge on any atom is -0.508 e. The van der Waals surface area contributed by atoms with E-state index in [4.69, 9.17) is 0 Å². The molecule has 74 valence electrons. The summed E-state index contributed by atoms with van der Waals surface area (Å²) in [5.74, 6) is 0.388. The Morgan fingerprint density at radius 2 is 2.29 bits per heavy atom. The number of aryl methyl sites for hydroxylation is 1. The van der Waals surface area contributed by atoms with Gasteiger partial charge in [0.2, 0.25) is 5.91 Å². The fraction of sp³-hybridized carbons (Fsp3) is 0.364. The molecular formula is C11H13NO2. The maximum atomic E-state index is 11.0. The van der Waals surface area contributed by atoms with Gasteiger partial charge in [-0.05, 0) is 30.5 Å². The van der Waals surface area contributed by atoms with E-state index in [0.29, 0.717) is 12.2 Å². The van der Waals surface area contributed by atoms with Gasteiger partial charge in [-0.3, -0.25) is 4.79 Å². The predicted molar refractivity (Wildman–Crippen MR) is 53.0 cm³/mol. The lowest BCUT2D eigenvalue weighted by atomic mass is 10.0. The van der Waals surface area contributed by atoms with Crippen LogP contribution < -0.4 is 5.32 Å². The van der Waals surface area contributed by atoms with Crippen LogP contribution >= 0.6 is 0 Å². The van der Waals surface area contributed by atoms with Crippen molar-refractivity contribution in [2.75, 3.05) is 0 Å². The molecule has 1 aliphatic rings. The van der Waals surface area contributed by atoms with E-state index in [0.717, 1.165) is 17.5 Å². The zero-order valence-electron chi connectivity index (χ0n) is 8.08. The lowest BCUT2D eigenvalue weighted by Crippen LogP contribution is -2.18. The maximum absolute atomic E-state index is 11.0. The van der Waals surface area contributed by atoms with Gasteiger partial charge in [0.1, 0.15) is 5.75 Å². The molecule has 0 saturated carbocycles. The van der Waals surface area contributed by atoms with Crippen molar-refractivity contribution in [3.8, 4) is 5.75 Å². The van der Waals surface area contributed by atoms with Crippen LogP contribution in [0.25, 0.3) is 0 Å². The molecule has 0 radical (unpaired) electrons. The second-order valence-electron chi connectivity index (χ2n) is 3.70. The van der Waals surface area contributed by atoms with Gasteiger partial charge in [0.15, 0.2) is 0 Å². The average molecular weight is 191 g/mol. The molecule has 0 bridgehead atoms. The van der Waals surface area contributed by atoms with E-state index in [1.807, 2.05) is 19.1 Å². The third kappa shape index (κ3) is 1.58. The molecular weight excluding hydrogens is 178 g/mol. The predicted octanol–water partition coefficient (Wildman–Crippen LogP) is 1.65. The van der Waals surface area contributed by atoms with Crippen LogP contribution in [0.1, 0.15) is 30.0 Å². The molecule has 1 atom stereocenters. The summed E-state index contributed by atoms with van der Waals surface area (Å²) in [4.78, 5) is 11.0. The van der Waals surface area contributed by atoms with Crippen LogP contribution in [0.3, 0.4) is 0 Å². The first-order chi connectivity index (χ1) is 6.66. The third-order valence-corrected chi connectivity index (χ3v) is 2.63. The molecule has 1 saturated heterocycles. The summed E-state index contributed by atoms with van der Waals surface area (Å²) >= 11 is 0. The Bertz CT molecular complexity index is 374. The molecule has 2 N–H and O–H groups in total. The molecule has 0 aromatic heterocycles. The molecule has 0 unspecified atom stereocenters. The number of phenols is 1. The number of hydrogen-bond acceptors (Lipinski definition) is 2. The Labute approximate surface area is 82.8 Å². The highest BCUT2D eigenvalue weighted by Gasteiger charge is 2.22. The smallest absolute Gasteiger partial charge is 0.220 e. The van der Waals surface area contributed by atoms with Crippen LogP contribution in [0, 0.1) is 6.92 Å². The molecule has 1 aromatic carbocycles. The van der Waals surface area contributed by atoms with E-state index in [-0.39, 0.29) is 11.9 Å². The highest BCUT2D eigenvalue weighted by molar-refractivity contribution is 5.78. The van der Waals surface area contributed by atoms with E-state index in [2.05, 4.69) is 5.32 Å².